The van der Waals surface area contributed by atoms with Crippen molar-refractivity contribution in [3.05, 3.63) is 0 Å². The molecule has 1 aliphatic rings. The zero-order valence-corrected chi connectivity index (χ0v) is 12.4. The van der Waals surface area contributed by atoms with Gasteiger partial charge >= 0.3 is 0 Å². The fourth-order valence-electron chi connectivity index (χ4n) is 2.48. The van der Waals surface area contributed by atoms with Gasteiger partial charge in [0, 0.05) is 6.04 Å². The maximum Gasteiger partial charge on any atom is 0.211 e. The smallest absolute Gasteiger partial charge is 0.211 e. The standard InChI is InChI=1S/C13H28N2O2S/c1-14-11-7-8-12-18(16,17)15-13-9-5-3-2-4-6-10-13/h13-15H,2-12H2,1H3. The van der Waals surface area contributed by atoms with E-state index in [1.807, 2.05) is 7.05 Å². The van der Waals surface area contributed by atoms with Gasteiger partial charge in [0.1, 0.15) is 0 Å². The van der Waals surface area contributed by atoms with E-state index in [9.17, 15) is 8.42 Å². The van der Waals surface area contributed by atoms with Crippen LogP contribution in [0.1, 0.15) is 57.8 Å². The molecule has 1 saturated carbocycles. The molecule has 4 nitrogen and oxygen atoms in total. The Morgan fingerprint density at radius 1 is 1.00 bits per heavy atom. The van der Waals surface area contributed by atoms with Crippen LogP contribution in [0.25, 0.3) is 0 Å². The van der Waals surface area contributed by atoms with Crippen LogP contribution in [0, 0.1) is 0 Å². The molecule has 108 valence electrons. The van der Waals surface area contributed by atoms with Gasteiger partial charge in [0.15, 0.2) is 0 Å². The van der Waals surface area contributed by atoms with Crippen LogP contribution in [0.2, 0.25) is 0 Å². The minimum absolute atomic E-state index is 0.180. The Balaban J connectivity index is 2.28. The van der Waals surface area contributed by atoms with Crippen LogP contribution in [-0.4, -0.2) is 33.8 Å². The SMILES string of the molecule is CNCCCCS(=O)(=O)NC1CCCCCCC1. The van der Waals surface area contributed by atoms with E-state index in [0.29, 0.717) is 0 Å². The number of rotatable bonds is 7. The van der Waals surface area contributed by atoms with Gasteiger partial charge in [0.2, 0.25) is 10.0 Å². The quantitative estimate of drug-likeness (QED) is 0.699. The van der Waals surface area contributed by atoms with Gasteiger partial charge in [0.05, 0.1) is 5.75 Å². The summed E-state index contributed by atoms with van der Waals surface area (Å²) in [6, 6.07) is 0.180. The number of sulfonamides is 1. The molecule has 5 heteroatoms. The third kappa shape index (κ3) is 7.34. The van der Waals surface area contributed by atoms with E-state index in [1.54, 1.807) is 0 Å². The molecule has 0 atom stereocenters. The number of nitrogens with one attached hydrogen (secondary N) is 2. The average Bonchev–Trinajstić information content (AvgIpc) is 2.28. The number of unbranched alkanes of at least 4 members (excludes halogenated alkanes) is 1. The molecule has 0 aromatic rings. The Bertz CT molecular complexity index is 296. The molecule has 1 rings (SSSR count). The molecular weight excluding hydrogens is 248 g/mol. The van der Waals surface area contributed by atoms with Crippen LogP contribution < -0.4 is 10.0 Å². The minimum Gasteiger partial charge on any atom is -0.320 e. The molecule has 0 radical (unpaired) electrons. The molecule has 0 bridgehead atoms. The Kier molecular flexibility index (Phi) is 7.86. The molecule has 0 amide bonds. The van der Waals surface area contributed by atoms with Gasteiger partial charge < -0.3 is 5.32 Å². The summed E-state index contributed by atoms with van der Waals surface area (Å²) in [6.45, 7) is 0.888. The van der Waals surface area contributed by atoms with Crippen molar-refractivity contribution in [1.82, 2.24) is 10.0 Å². The van der Waals surface area contributed by atoms with Crippen molar-refractivity contribution < 1.29 is 8.42 Å². The van der Waals surface area contributed by atoms with Crippen LogP contribution in [0.15, 0.2) is 0 Å². The first-order valence-corrected chi connectivity index (χ1v) is 8.94. The van der Waals surface area contributed by atoms with Gasteiger partial charge in [-0.1, -0.05) is 32.1 Å². The second-order valence-electron chi connectivity index (χ2n) is 5.29. The largest absolute Gasteiger partial charge is 0.320 e. The predicted molar refractivity (Wildman–Crippen MR) is 76.2 cm³/mol. The fourth-order valence-corrected chi connectivity index (χ4v) is 3.93. The highest BCUT2D eigenvalue weighted by Gasteiger charge is 2.18. The van der Waals surface area contributed by atoms with Crippen LogP contribution in [0.3, 0.4) is 0 Å². The predicted octanol–water partition coefficient (Wildman–Crippen LogP) is 2.02. The monoisotopic (exact) mass is 276 g/mol. The van der Waals surface area contributed by atoms with E-state index in [4.69, 9.17) is 0 Å². The summed E-state index contributed by atoms with van der Waals surface area (Å²) in [7, 11) is -1.18. The molecule has 0 aliphatic heterocycles. The van der Waals surface area contributed by atoms with E-state index < -0.39 is 10.0 Å². The molecule has 18 heavy (non-hydrogen) atoms. The van der Waals surface area contributed by atoms with E-state index in [0.717, 1.165) is 45.1 Å². The number of hydrogen-bond donors (Lipinski definition) is 2. The molecule has 1 aliphatic carbocycles. The zero-order chi connectivity index (χ0) is 13.3. The Morgan fingerprint density at radius 3 is 2.22 bits per heavy atom. The molecule has 0 saturated heterocycles. The second kappa shape index (κ2) is 8.88. The van der Waals surface area contributed by atoms with Crippen molar-refractivity contribution >= 4 is 10.0 Å². The van der Waals surface area contributed by atoms with Crippen molar-refractivity contribution in [2.45, 2.75) is 63.8 Å². The van der Waals surface area contributed by atoms with E-state index in [2.05, 4.69) is 10.0 Å². The maximum absolute atomic E-state index is 11.9. The first-order chi connectivity index (χ1) is 8.64. The molecule has 0 spiro atoms. The lowest BCUT2D eigenvalue weighted by Gasteiger charge is -2.20. The third-order valence-electron chi connectivity index (χ3n) is 3.54. The van der Waals surface area contributed by atoms with Gasteiger partial charge in [-0.2, -0.15) is 0 Å². The van der Waals surface area contributed by atoms with E-state index >= 15 is 0 Å². The summed E-state index contributed by atoms with van der Waals surface area (Å²) in [5, 5.41) is 3.04. The second-order valence-corrected chi connectivity index (χ2v) is 7.16. The summed E-state index contributed by atoms with van der Waals surface area (Å²) in [6.07, 6.45) is 9.81. The van der Waals surface area contributed by atoms with Crippen molar-refractivity contribution in [3.63, 3.8) is 0 Å². The molecule has 0 heterocycles. The van der Waals surface area contributed by atoms with E-state index in [-0.39, 0.29) is 11.8 Å². The maximum atomic E-state index is 11.9. The molecule has 0 aromatic heterocycles. The molecule has 0 aromatic carbocycles. The van der Waals surface area contributed by atoms with Gasteiger partial charge in [-0.3, -0.25) is 0 Å². The average molecular weight is 276 g/mol. The minimum atomic E-state index is -3.07. The van der Waals surface area contributed by atoms with Gasteiger partial charge in [0.25, 0.3) is 0 Å². The molecule has 1 fully saturated rings. The van der Waals surface area contributed by atoms with E-state index in [1.165, 1.54) is 19.3 Å². The summed E-state index contributed by atoms with van der Waals surface area (Å²) < 4.78 is 26.7. The highest BCUT2D eigenvalue weighted by Crippen LogP contribution is 2.17. The summed E-state index contributed by atoms with van der Waals surface area (Å²) >= 11 is 0. The van der Waals surface area contributed by atoms with Crippen molar-refractivity contribution in [2.24, 2.45) is 0 Å². The van der Waals surface area contributed by atoms with Gasteiger partial charge in [-0.15, -0.1) is 0 Å². The Hall–Kier alpha value is -0.130. The lowest BCUT2D eigenvalue weighted by molar-refractivity contribution is 0.426. The topological polar surface area (TPSA) is 58.2 Å². The van der Waals surface area contributed by atoms with Crippen LogP contribution in [0.5, 0.6) is 0 Å². The lowest BCUT2D eigenvalue weighted by Crippen LogP contribution is -2.36. The van der Waals surface area contributed by atoms with Crippen LogP contribution in [-0.2, 0) is 10.0 Å². The first-order valence-electron chi connectivity index (χ1n) is 7.28. The number of hydrogen-bond acceptors (Lipinski definition) is 3. The molecule has 2 N–H and O–H groups in total. The van der Waals surface area contributed by atoms with Crippen molar-refractivity contribution in [1.29, 1.82) is 0 Å². The lowest BCUT2D eigenvalue weighted by atomic mass is 9.97. The highest BCUT2D eigenvalue weighted by atomic mass is 32.2. The zero-order valence-electron chi connectivity index (χ0n) is 11.6. The van der Waals surface area contributed by atoms with Gasteiger partial charge in [-0.05, 0) is 39.3 Å². The van der Waals surface area contributed by atoms with Crippen molar-refractivity contribution in [2.75, 3.05) is 19.3 Å². The van der Waals surface area contributed by atoms with Crippen LogP contribution >= 0.6 is 0 Å². The third-order valence-corrected chi connectivity index (χ3v) is 5.06. The highest BCUT2D eigenvalue weighted by molar-refractivity contribution is 7.89. The normalized spacial score (nSPS) is 19.4. The molecular formula is C13H28N2O2S. The molecule has 0 unspecified atom stereocenters. The fraction of sp³-hybridized carbons (Fsp3) is 1.00. The Morgan fingerprint density at radius 2 is 1.61 bits per heavy atom. The summed E-state index contributed by atoms with van der Waals surface area (Å²) in [4.78, 5) is 0. The van der Waals surface area contributed by atoms with Crippen LogP contribution in [0.4, 0.5) is 0 Å². The van der Waals surface area contributed by atoms with Gasteiger partial charge in [-0.25, -0.2) is 13.1 Å². The summed E-state index contributed by atoms with van der Waals surface area (Å²) in [5.41, 5.74) is 0. The summed E-state index contributed by atoms with van der Waals surface area (Å²) in [5.74, 6) is 0.269. The van der Waals surface area contributed by atoms with Crippen molar-refractivity contribution in [3.8, 4) is 0 Å². The first kappa shape index (κ1) is 15.9. The Labute approximate surface area is 112 Å².